The molecule has 106 valence electrons. The minimum Gasteiger partial charge on any atom is -0.319 e. The van der Waals surface area contributed by atoms with Gasteiger partial charge in [0.25, 0.3) is 5.91 Å². The Balaban J connectivity index is 1.91. The molecule has 0 fully saturated rings. The highest BCUT2D eigenvalue weighted by atomic mass is 35.5. The maximum atomic E-state index is 13.1. The number of nitrogens with zero attached hydrogens (tertiary/aromatic N) is 2. The van der Waals surface area contributed by atoms with Crippen LogP contribution in [0.5, 0.6) is 0 Å². The Bertz CT molecular complexity index is 847. The van der Waals surface area contributed by atoms with Crippen LogP contribution in [0.3, 0.4) is 0 Å². The molecule has 0 saturated heterocycles. The van der Waals surface area contributed by atoms with Gasteiger partial charge in [0.05, 0.1) is 15.7 Å². The molecule has 2 aromatic heterocycles. The van der Waals surface area contributed by atoms with Crippen molar-refractivity contribution in [3.8, 4) is 0 Å². The zero-order chi connectivity index (χ0) is 15.0. The van der Waals surface area contributed by atoms with Crippen LogP contribution in [0.25, 0.3) is 5.65 Å². The average Bonchev–Trinajstić information content (AvgIpc) is 2.87. The molecule has 2 heterocycles. The fourth-order valence-electron chi connectivity index (χ4n) is 1.86. The normalized spacial score (nSPS) is 10.8. The lowest BCUT2D eigenvalue weighted by atomic mass is 10.3. The van der Waals surface area contributed by atoms with Crippen molar-refractivity contribution in [2.24, 2.45) is 0 Å². The molecule has 0 aliphatic rings. The number of fused-ring (bicyclic) bond motifs is 1. The van der Waals surface area contributed by atoms with Gasteiger partial charge in [-0.05, 0) is 24.3 Å². The number of nitrogens with one attached hydrogen (secondary N) is 1. The Morgan fingerprint density at radius 3 is 2.81 bits per heavy atom. The monoisotopic (exact) mass is 323 g/mol. The van der Waals surface area contributed by atoms with Crippen molar-refractivity contribution in [3.63, 3.8) is 0 Å². The van der Waals surface area contributed by atoms with Crippen molar-refractivity contribution < 1.29 is 9.18 Å². The Kier molecular flexibility index (Phi) is 3.53. The lowest BCUT2D eigenvalue weighted by Crippen LogP contribution is -2.12. The van der Waals surface area contributed by atoms with E-state index in [0.717, 1.165) is 0 Å². The summed E-state index contributed by atoms with van der Waals surface area (Å²) in [5.74, 6) is -0.868. The molecular weight excluding hydrogens is 316 g/mol. The van der Waals surface area contributed by atoms with Gasteiger partial charge in [-0.25, -0.2) is 9.37 Å². The van der Waals surface area contributed by atoms with Gasteiger partial charge in [-0.3, -0.25) is 4.79 Å². The minimum absolute atomic E-state index is 0.150. The number of rotatable bonds is 2. The first-order valence-corrected chi connectivity index (χ1v) is 6.70. The fraction of sp³-hybridized carbons (Fsp3) is 0. The Morgan fingerprint density at radius 1 is 1.19 bits per heavy atom. The molecule has 7 heteroatoms. The topological polar surface area (TPSA) is 46.4 Å². The second-order valence-corrected chi connectivity index (χ2v) is 5.08. The molecule has 0 spiro atoms. The van der Waals surface area contributed by atoms with E-state index in [2.05, 4.69) is 10.3 Å². The fourth-order valence-corrected chi connectivity index (χ4v) is 2.21. The van der Waals surface area contributed by atoms with Crippen molar-refractivity contribution >= 4 is 40.4 Å². The molecule has 0 unspecified atom stereocenters. The van der Waals surface area contributed by atoms with E-state index in [1.807, 2.05) is 0 Å². The lowest BCUT2D eigenvalue weighted by molar-refractivity contribution is 0.102. The van der Waals surface area contributed by atoms with Gasteiger partial charge in [-0.15, -0.1) is 0 Å². The maximum absolute atomic E-state index is 13.1. The summed E-state index contributed by atoms with van der Waals surface area (Å²) in [5, 5.41) is 3.21. The van der Waals surface area contributed by atoms with Gasteiger partial charge in [0.15, 0.2) is 0 Å². The van der Waals surface area contributed by atoms with Gasteiger partial charge in [-0.1, -0.05) is 29.3 Å². The van der Waals surface area contributed by atoms with Crippen molar-refractivity contribution in [3.05, 3.63) is 64.3 Å². The predicted molar refractivity (Wildman–Crippen MR) is 79.6 cm³/mol. The van der Waals surface area contributed by atoms with Gasteiger partial charge in [0.2, 0.25) is 0 Å². The SMILES string of the molecule is O=C(Nc1cccc(Cl)c1Cl)c1cn2cc(F)ccc2n1. The first kappa shape index (κ1) is 13.9. The zero-order valence-corrected chi connectivity index (χ0v) is 12.0. The highest BCUT2D eigenvalue weighted by Gasteiger charge is 2.13. The van der Waals surface area contributed by atoms with Crippen LogP contribution in [0.4, 0.5) is 10.1 Å². The lowest BCUT2D eigenvalue weighted by Gasteiger charge is -2.06. The van der Waals surface area contributed by atoms with Crippen LogP contribution in [-0.4, -0.2) is 15.3 Å². The third-order valence-electron chi connectivity index (χ3n) is 2.85. The van der Waals surface area contributed by atoms with Crippen LogP contribution < -0.4 is 5.32 Å². The van der Waals surface area contributed by atoms with Crippen LogP contribution in [0.2, 0.25) is 10.0 Å². The summed E-state index contributed by atoms with van der Waals surface area (Å²) in [5.41, 5.74) is 1.01. The standard InChI is InChI=1S/C14H8Cl2FN3O/c15-9-2-1-3-10(13(9)16)19-14(21)11-7-20-6-8(17)4-5-12(20)18-11/h1-7H,(H,19,21). The maximum Gasteiger partial charge on any atom is 0.275 e. The molecule has 4 nitrogen and oxygen atoms in total. The smallest absolute Gasteiger partial charge is 0.275 e. The quantitative estimate of drug-likeness (QED) is 0.773. The molecule has 0 aliphatic heterocycles. The number of carbonyl (C=O) groups is 1. The molecule has 1 amide bonds. The molecule has 0 saturated carbocycles. The molecule has 1 N–H and O–H groups in total. The van der Waals surface area contributed by atoms with E-state index in [-0.39, 0.29) is 10.7 Å². The summed E-state index contributed by atoms with van der Waals surface area (Å²) in [4.78, 5) is 16.3. The molecule has 0 aliphatic carbocycles. The number of aromatic nitrogens is 2. The minimum atomic E-state index is -0.455. The first-order valence-electron chi connectivity index (χ1n) is 5.94. The van der Waals surface area contributed by atoms with E-state index in [1.165, 1.54) is 28.9 Å². The number of hydrogen-bond donors (Lipinski definition) is 1. The number of hydrogen-bond acceptors (Lipinski definition) is 2. The summed E-state index contributed by atoms with van der Waals surface area (Å²) >= 11 is 11.9. The van der Waals surface area contributed by atoms with Crippen LogP contribution in [0.1, 0.15) is 10.5 Å². The van der Waals surface area contributed by atoms with Crippen molar-refractivity contribution in [2.75, 3.05) is 5.32 Å². The number of amides is 1. The summed E-state index contributed by atoms with van der Waals surface area (Å²) in [6.45, 7) is 0. The van der Waals surface area contributed by atoms with Crippen LogP contribution >= 0.6 is 23.2 Å². The first-order chi connectivity index (χ1) is 10.0. The number of carbonyl (C=O) groups excluding carboxylic acids is 1. The van der Waals surface area contributed by atoms with E-state index in [4.69, 9.17) is 23.2 Å². The molecule has 0 atom stereocenters. The summed E-state index contributed by atoms with van der Waals surface area (Å²) < 4.78 is 14.5. The summed E-state index contributed by atoms with van der Waals surface area (Å²) in [7, 11) is 0. The van der Waals surface area contributed by atoms with Gasteiger partial charge in [0.1, 0.15) is 17.2 Å². The van der Waals surface area contributed by atoms with E-state index in [0.29, 0.717) is 16.4 Å². The van der Waals surface area contributed by atoms with Crippen LogP contribution in [0, 0.1) is 5.82 Å². The van der Waals surface area contributed by atoms with Gasteiger partial charge in [0, 0.05) is 12.4 Å². The molecule has 3 aromatic rings. The van der Waals surface area contributed by atoms with E-state index < -0.39 is 11.7 Å². The van der Waals surface area contributed by atoms with E-state index >= 15 is 0 Å². The second-order valence-electron chi connectivity index (χ2n) is 4.29. The molecular formula is C14H8Cl2FN3O. The van der Waals surface area contributed by atoms with Crippen LogP contribution in [-0.2, 0) is 0 Å². The average molecular weight is 324 g/mol. The largest absolute Gasteiger partial charge is 0.319 e. The highest BCUT2D eigenvalue weighted by molar-refractivity contribution is 6.44. The number of imidazole rings is 1. The molecule has 1 aromatic carbocycles. The number of anilines is 1. The third kappa shape index (κ3) is 2.70. The highest BCUT2D eigenvalue weighted by Crippen LogP contribution is 2.29. The van der Waals surface area contributed by atoms with Gasteiger partial charge in [-0.2, -0.15) is 0 Å². The number of halogens is 3. The molecule has 21 heavy (non-hydrogen) atoms. The molecule has 3 rings (SSSR count). The third-order valence-corrected chi connectivity index (χ3v) is 3.67. The Hall–Kier alpha value is -2.11. The Morgan fingerprint density at radius 2 is 2.00 bits per heavy atom. The van der Waals surface area contributed by atoms with Crippen LogP contribution in [0.15, 0.2) is 42.7 Å². The van der Waals surface area contributed by atoms with Crippen molar-refractivity contribution in [2.45, 2.75) is 0 Å². The van der Waals surface area contributed by atoms with E-state index in [9.17, 15) is 9.18 Å². The molecule has 0 radical (unpaired) electrons. The summed E-state index contributed by atoms with van der Waals surface area (Å²) in [6.07, 6.45) is 2.68. The van der Waals surface area contributed by atoms with Gasteiger partial charge < -0.3 is 9.72 Å². The second kappa shape index (κ2) is 5.35. The predicted octanol–water partition coefficient (Wildman–Crippen LogP) is 4.03. The summed E-state index contributed by atoms with van der Waals surface area (Å²) in [6, 6.07) is 7.67. The van der Waals surface area contributed by atoms with Crippen molar-refractivity contribution in [1.82, 2.24) is 9.38 Å². The number of pyridine rings is 1. The van der Waals surface area contributed by atoms with Gasteiger partial charge >= 0.3 is 0 Å². The van der Waals surface area contributed by atoms with Crippen molar-refractivity contribution in [1.29, 1.82) is 0 Å². The molecule has 0 bridgehead atoms. The zero-order valence-electron chi connectivity index (χ0n) is 10.5. The number of benzene rings is 1. The van der Waals surface area contributed by atoms with E-state index in [1.54, 1.807) is 18.2 Å². The Labute approximate surface area is 129 Å².